The third kappa shape index (κ3) is 5.42. The van der Waals surface area contributed by atoms with Crippen molar-refractivity contribution in [2.75, 3.05) is 12.4 Å². The first-order valence-corrected chi connectivity index (χ1v) is 11.2. The van der Waals surface area contributed by atoms with Crippen LogP contribution < -0.4 is 10.1 Å². The molecule has 176 valence electrons. The van der Waals surface area contributed by atoms with Crippen molar-refractivity contribution in [1.29, 1.82) is 0 Å². The Balaban J connectivity index is 1.35. The second-order valence-electron chi connectivity index (χ2n) is 9.62. The van der Waals surface area contributed by atoms with Crippen molar-refractivity contribution >= 4 is 11.7 Å². The van der Waals surface area contributed by atoms with Crippen molar-refractivity contribution in [2.45, 2.75) is 64.1 Å². The number of rotatable bonds is 7. The van der Waals surface area contributed by atoms with E-state index in [1.165, 1.54) is 5.56 Å². The lowest BCUT2D eigenvalue weighted by Gasteiger charge is -2.20. The molecule has 1 amide bonds. The second kappa shape index (κ2) is 9.35. The molecule has 1 aliphatic rings. The minimum atomic E-state index is -0.261. The maximum atomic E-state index is 12.6. The molecule has 0 saturated heterocycles. The molecule has 2 N–H and O–H groups in total. The molecule has 33 heavy (non-hydrogen) atoms. The summed E-state index contributed by atoms with van der Waals surface area (Å²) in [5.41, 5.74) is 3.41. The molecule has 9 nitrogen and oxygen atoms in total. The number of ether oxygens (including phenoxy) is 2. The number of aryl methyl sites for hydroxylation is 1. The SMILES string of the molecule is COCc1cc(C(=O)Nc2cc([C@H]3CC[C@@H](Oc4cc(C(C)(C)C)ccn4)C3)[nH]n2)n(C)n1. The molecule has 3 aromatic rings. The van der Waals surface area contributed by atoms with Gasteiger partial charge in [-0.1, -0.05) is 20.8 Å². The minimum absolute atomic E-state index is 0.0524. The van der Waals surface area contributed by atoms with Gasteiger partial charge in [-0.05, 0) is 42.4 Å². The average Bonchev–Trinajstić information content (AvgIpc) is 3.48. The number of anilines is 1. The number of methoxy groups -OCH3 is 1. The molecule has 9 heteroatoms. The Kier molecular flexibility index (Phi) is 6.51. The Hall–Kier alpha value is -3.20. The van der Waals surface area contributed by atoms with Gasteiger partial charge in [0.1, 0.15) is 11.8 Å². The topological polar surface area (TPSA) is 107 Å². The summed E-state index contributed by atoms with van der Waals surface area (Å²) in [5.74, 6) is 1.20. The molecular weight excluding hydrogens is 420 g/mol. The highest BCUT2D eigenvalue weighted by Crippen LogP contribution is 2.36. The lowest BCUT2D eigenvalue weighted by molar-refractivity contribution is 0.101. The van der Waals surface area contributed by atoms with Gasteiger partial charge >= 0.3 is 0 Å². The lowest BCUT2D eigenvalue weighted by atomic mass is 9.88. The molecule has 1 saturated carbocycles. The fourth-order valence-electron chi connectivity index (χ4n) is 4.19. The number of nitrogens with zero attached hydrogens (tertiary/aromatic N) is 4. The molecule has 0 radical (unpaired) electrons. The third-order valence-corrected chi connectivity index (χ3v) is 6.01. The van der Waals surface area contributed by atoms with E-state index in [-0.39, 0.29) is 17.4 Å². The van der Waals surface area contributed by atoms with E-state index in [1.807, 2.05) is 24.4 Å². The monoisotopic (exact) mass is 452 g/mol. The molecule has 0 aromatic carbocycles. The minimum Gasteiger partial charge on any atom is -0.474 e. The Morgan fingerprint density at radius 2 is 2.09 bits per heavy atom. The van der Waals surface area contributed by atoms with Crippen LogP contribution in [0.1, 0.15) is 73.4 Å². The van der Waals surface area contributed by atoms with Crippen LogP contribution in [0, 0.1) is 0 Å². The molecule has 0 bridgehead atoms. The van der Waals surface area contributed by atoms with Crippen LogP contribution in [0.3, 0.4) is 0 Å². The van der Waals surface area contributed by atoms with E-state index in [2.05, 4.69) is 46.4 Å². The predicted molar refractivity (Wildman–Crippen MR) is 124 cm³/mol. The second-order valence-corrected chi connectivity index (χ2v) is 9.62. The Bertz CT molecular complexity index is 1110. The fourth-order valence-corrected chi connectivity index (χ4v) is 4.19. The zero-order valence-electron chi connectivity index (χ0n) is 19.9. The van der Waals surface area contributed by atoms with E-state index in [9.17, 15) is 4.79 Å². The number of carbonyl (C=O) groups excluding carboxylic acids is 1. The molecule has 1 aliphatic carbocycles. The molecular formula is C24H32N6O3. The van der Waals surface area contributed by atoms with E-state index < -0.39 is 0 Å². The summed E-state index contributed by atoms with van der Waals surface area (Å²) in [6, 6.07) is 7.69. The number of nitrogens with one attached hydrogen (secondary N) is 2. The first-order valence-electron chi connectivity index (χ1n) is 11.2. The van der Waals surface area contributed by atoms with Crippen LogP contribution in [0.25, 0.3) is 0 Å². The number of pyridine rings is 1. The fraction of sp³-hybridized carbons (Fsp3) is 0.500. The van der Waals surface area contributed by atoms with Crippen molar-refractivity contribution < 1.29 is 14.3 Å². The van der Waals surface area contributed by atoms with Gasteiger partial charge in [0.2, 0.25) is 5.88 Å². The summed E-state index contributed by atoms with van der Waals surface area (Å²) < 4.78 is 12.8. The van der Waals surface area contributed by atoms with Gasteiger partial charge in [0, 0.05) is 44.1 Å². The summed E-state index contributed by atoms with van der Waals surface area (Å²) in [5, 5.41) is 14.5. The van der Waals surface area contributed by atoms with Crippen molar-refractivity contribution in [3.63, 3.8) is 0 Å². The smallest absolute Gasteiger partial charge is 0.275 e. The van der Waals surface area contributed by atoms with Gasteiger partial charge in [-0.25, -0.2) is 4.98 Å². The molecule has 4 rings (SSSR count). The summed E-state index contributed by atoms with van der Waals surface area (Å²) >= 11 is 0. The van der Waals surface area contributed by atoms with Crippen molar-refractivity contribution in [2.24, 2.45) is 7.05 Å². The molecule has 1 fully saturated rings. The normalized spacial score (nSPS) is 18.5. The molecule has 3 aromatic heterocycles. The molecule has 0 spiro atoms. The van der Waals surface area contributed by atoms with E-state index >= 15 is 0 Å². The molecule has 2 atom stereocenters. The van der Waals surface area contributed by atoms with Crippen molar-refractivity contribution in [3.05, 3.63) is 53.1 Å². The van der Waals surface area contributed by atoms with Crippen LogP contribution >= 0.6 is 0 Å². The molecule has 3 heterocycles. The van der Waals surface area contributed by atoms with Crippen LogP contribution in [0.2, 0.25) is 0 Å². The number of carbonyl (C=O) groups is 1. The number of amides is 1. The summed E-state index contributed by atoms with van der Waals surface area (Å²) in [6.45, 7) is 6.89. The highest BCUT2D eigenvalue weighted by Gasteiger charge is 2.29. The van der Waals surface area contributed by atoms with Gasteiger partial charge in [-0.15, -0.1) is 0 Å². The van der Waals surface area contributed by atoms with Gasteiger partial charge in [0.25, 0.3) is 5.91 Å². The number of hydrogen-bond donors (Lipinski definition) is 2. The number of aromatic nitrogens is 5. The largest absolute Gasteiger partial charge is 0.474 e. The van der Waals surface area contributed by atoms with Gasteiger partial charge in [0.05, 0.1) is 12.3 Å². The zero-order chi connectivity index (χ0) is 23.6. The van der Waals surface area contributed by atoms with E-state index in [0.717, 1.165) is 25.0 Å². The van der Waals surface area contributed by atoms with Crippen LogP contribution in [-0.4, -0.2) is 44.1 Å². The van der Waals surface area contributed by atoms with Gasteiger partial charge in [-0.3, -0.25) is 14.6 Å². The van der Waals surface area contributed by atoms with Crippen LogP contribution in [0.4, 0.5) is 5.82 Å². The summed E-state index contributed by atoms with van der Waals surface area (Å²) in [6.07, 6.45) is 4.73. The van der Waals surface area contributed by atoms with Crippen LogP contribution in [0.5, 0.6) is 5.88 Å². The molecule has 0 aliphatic heterocycles. The summed E-state index contributed by atoms with van der Waals surface area (Å²) in [7, 11) is 3.33. The average molecular weight is 453 g/mol. The van der Waals surface area contributed by atoms with Crippen LogP contribution in [-0.2, 0) is 23.8 Å². The van der Waals surface area contributed by atoms with E-state index in [1.54, 1.807) is 24.9 Å². The number of hydrogen-bond acceptors (Lipinski definition) is 6. The number of aromatic amines is 1. The van der Waals surface area contributed by atoms with Crippen molar-refractivity contribution in [1.82, 2.24) is 25.0 Å². The zero-order valence-corrected chi connectivity index (χ0v) is 19.9. The Morgan fingerprint density at radius 3 is 2.85 bits per heavy atom. The summed E-state index contributed by atoms with van der Waals surface area (Å²) in [4.78, 5) is 17.0. The number of H-pyrrole nitrogens is 1. The maximum absolute atomic E-state index is 12.6. The first-order chi connectivity index (χ1) is 15.7. The highest BCUT2D eigenvalue weighted by molar-refractivity contribution is 6.02. The first kappa shape index (κ1) is 23.0. The lowest BCUT2D eigenvalue weighted by Crippen LogP contribution is -2.16. The van der Waals surface area contributed by atoms with Crippen LogP contribution in [0.15, 0.2) is 30.5 Å². The van der Waals surface area contributed by atoms with Gasteiger partial charge < -0.3 is 14.8 Å². The van der Waals surface area contributed by atoms with E-state index in [0.29, 0.717) is 35.6 Å². The maximum Gasteiger partial charge on any atom is 0.275 e. The molecule has 0 unspecified atom stereocenters. The predicted octanol–water partition coefficient (Wildman–Crippen LogP) is 3.95. The van der Waals surface area contributed by atoms with Gasteiger partial charge in [-0.2, -0.15) is 10.2 Å². The third-order valence-electron chi connectivity index (χ3n) is 6.01. The van der Waals surface area contributed by atoms with Crippen molar-refractivity contribution in [3.8, 4) is 5.88 Å². The van der Waals surface area contributed by atoms with Gasteiger partial charge in [0.15, 0.2) is 5.82 Å². The Morgan fingerprint density at radius 1 is 1.27 bits per heavy atom. The quantitative estimate of drug-likeness (QED) is 0.562. The van der Waals surface area contributed by atoms with E-state index in [4.69, 9.17) is 9.47 Å². The Labute approximate surface area is 193 Å². The standard InChI is InChI=1S/C24H32N6O3/c1-24(2,3)16-8-9-25-22(11-16)33-18-7-6-15(10-18)19-13-21(28-27-19)26-23(31)20-12-17(14-32-5)29-30(20)4/h8-9,11-13,15,18H,6-7,10,14H2,1-5H3,(H2,26,27,28,31)/t15-,18+/m0/s1. The highest BCUT2D eigenvalue weighted by atomic mass is 16.5.